The topological polar surface area (TPSA) is 46.5 Å². The van der Waals surface area contributed by atoms with Crippen LogP contribution >= 0.6 is 7.60 Å². The zero-order chi connectivity index (χ0) is 11.8. The van der Waals surface area contributed by atoms with Gasteiger partial charge in [-0.15, -0.1) is 0 Å². The summed E-state index contributed by atoms with van der Waals surface area (Å²) in [5.74, 6) is 0. The average molecular weight is 183 g/mol. The van der Waals surface area contributed by atoms with Crippen LogP contribution in [0.1, 0.15) is 31.8 Å². The summed E-state index contributed by atoms with van der Waals surface area (Å²) in [5, 5.41) is 0. The summed E-state index contributed by atoms with van der Waals surface area (Å²) in [7, 11) is -4.53. The lowest BCUT2D eigenvalue weighted by molar-refractivity contribution is 0.0915. The Morgan fingerprint density at radius 2 is 2.09 bits per heavy atom. The van der Waals surface area contributed by atoms with Gasteiger partial charge in [0.2, 0.25) is 0 Å². The van der Waals surface area contributed by atoms with E-state index >= 15 is 0 Å². The maximum atomic E-state index is 11.3. The van der Waals surface area contributed by atoms with Crippen molar-refractivity contribution in [1.29, 1.82) is 0 Å². The molecule has 11 heavy (non-hydrogen) atoms. The Morgan fingerprint density at radius 1 is 1.64 bits per heavy atom. The lowest BCUT2D eigenvalue weighted by Crippen LogP contribution is -2.24. The first-order chi connectivity index (χ1) is 5.88. The van der Waals surface area contributed by atoms with E-state index < -0.39 is 20.3 Å². The fourth-order valence-corrected chi connectivity index (χ4v) is 1.12. The minimum atomic E-state index is -4.53. The molecule has 2 unspecified atom stereocenters. The zero-order valence-corrected chi connectivity index (χ0v) is 8.18. The molecule has 4 heteroatoms. The quantitative estimate of drug-likeness (QED) is 0.668. The van der Waals surface area contributed by atoms with Gasteiger partial charge in [0.05, 0.1) is 6.10 Å². The van der Waals surface area contributed by atoms with E-state index in [2.05, 4.69) is 0 Å². The SMILES string of the molecule is [2H]C([2H])([2H])P(=O)(O)OC(C)C(C)(C)C. The van der Waals surface area contributed by atoms with Crippen molar-refractivity contribution in [2.75, 3.05) is 6.59 Å². The first-order valence-corrected chi connectivity index (χ1v) is 4.97. The summed E-state index contributed by atoms with van der Waals surface area (Å²) >= 11 is 0. The fraction of sp³-hybridized carbons (Fsp3) is 1.00. The Balaban J connectivity index is 4.63. The molecule has 3 nitrogen and oxygen atoms in total. The minimum Gasteiger partial charge on any atom is -0.324 e. The van der Waals surface area contributed by atoms with Crippen molar-refractivity contribution in [2.24, 2.45) is 5.41 Å². The monoisotopic (exact) mass is 183 g/mol. The van der Waals surface area contributed by atoms with E-state index in [4.69, 9.17) is 13.5 Å². The third kappa shape index (κ3) is 5.42. The second-order valence-corrected chi connectivity index (χ2v) is 4.89. The highest BCUT2D eigenvalue weighted by Crippen LogP contribution is 2.41. The van der Waals surface area contributed by atoms with E-state index in [0.717, 1.165) is 0 Å². The van der Waals surface area contributed by atoms with Crippen molar-refractivity contribution in [3.8, 4) is 0 Å². The van der Waals surface area contributed by atoms with Gasteiger partial charge in [0.1, 0.15) is 0 Å². The highest BCUT2D eigenvalue weighted by Gasteiger charge is 2.26. The molecule has 0 spiro atoms. The van der Waals surface area contributed by atoms with Crippen LogP contribution in [0, 0.1) is 5.41 Å². The Morgan fingerprint density at radius 3 is 2.36 bits per heavy atom. The number of hydrogen-bond acceptors (Lipinski definition) is 2. The van der Waals surface area contributed by atoms with E-state index in [1.54, 1.807) is 27.7 Å². The zero-order valence-electron chi connectivity index (χ0n) is 10.3. The summed E-state index contributed by atoms with van der Waals surface area (Å²) in [5.41, 5.74) is -0.371. The average Bonchev–Trinajstić information content (AvgIpc) is 1.80. The van der Waals surface area contributed by atoms with E-state index in [9.17, 15) is 4.57 Å². The van der Waals surface area contributed by atoms with Crippen molar-refractivity contribution >= 4 is 7.60 Å². The van der Waals surface area contributed by atoms with Crippen LogP contribution in [0.2, 0.25) is 0 Å². The van der Waals surface area contributed by atoms with E-state index in [-0.39, 0.29) is 5.41 Å². The first kappa shape index (κ1) is 6.64. The summed E-state index contributed by atoms with van der Waals surface area (Å²) in [6.45, 7) is 4.02. The normalized spacial score (nSPS) is 26.1. The predicted octanol–water partition coefficient (Wildman–Crippen LogP) is 2.25. The Bertz CT molecular complexity index is 244. The van der Waals surface area contributed by atoms with Crippen LogP contribution in [-0.2, 0) is 9.09 Å². The molecular weight excluding hydrogens is 163 g/mol. The largest absolute Gasteiger partial charge is 0.325 e. The van der Waals surface area contributed by atoms with Gasteiger partial charge in [-0.1, -0.05) is 20.8 Å². The molecule has 2 atom stereocenters. The molecule has 0 aliphatic heterocycles. The maximum absolute atomic E-state index is 11.3. The van der Waals surface area contributed by atoms with Crippen molar-refractivity contribution in [3.05, 3.63) is 0 Å². The Kier molecular flexibility index (Phi) is 1.97. The van der Waals surface area contributed by atoms with Crippen LogP contribution in [-0.4, -0.2) is 17.6 Å². The molecule has 0 saturated carbocycles. The molecule has 0 heterocycles. The van der Waals surface area contributed by atoms with Gasteiger partial charge >= 0.3 is 7.60 Å². The van der Waals surface area contributed by atoms with Crippen LogP contribution in [0.25, 0.3) is 0 Å². The second-order valence-electron chi connectivity index (χ2n) is 3.63. The maximum Gasteiger partial charge on any atom is 0.325 e. The summed E-state index contributed by atoms with van der Waals surface area (Å²) in [4.78, 5) is 9.16. The van der Waals surface area contributed by atoms with Crippen molar-refractivity contribution in [3.63, 3.8) is 0 Å². The minimum absolute atomic E-state index is 0.371. The van der Waals surface area contributed by atoms with Gasteiger partial charge in [0.15, 0.2) is 0 Å². The molecule has 1 N–H and O–H groups in total. The standard InChI is InChI=1S/C7H17O3P/c1-6(7(2,3)4)10-11(5,8)9/h6H,1-5H3,(H,8,9)/i5D3. The molecule has 0 aliphatic rings. The molecular formula is C7H17O3P. The molecule has 68 valence electrons. The molecule has 0 aromatic carbocycles. The number of hydrogen-bond donors (Lipinski definition) is 1. The molecule has 0 aromatic heterocycles. The van der Waals surface area contributed by atoms with Crippen LogP contribution in [0.3, 0.4) is 0 Å². The van der Waals surface area contributed by atoms with Gasteiger partial charge in [-0.25, -0.2) is 0 Å². The van der Waals surface area contributed by atoms with Gasteiger partial charge in [0, 0.05) is 10.7 Å². The highest BCUT2D eigenvalue weighted by atomic mass is 31.2. The third-order valence-corrected chi connectivity index (χ3v) is 2.12. The third-order valence-electron chi connectivity index (χ3n) is 1.52. The van der Waals surface area contributed by atoms with Crippen LogP contribution in [0.15, 0.2) is 0 Å². The molecule has 0 bridgehead atoms. The predicted molar refractivity (Wildman–Crippen MR) is 45.8 cm³/mol. The molecule has 0 radical (unpaired) electrons. The molecule has 0 amide bonds. The first-order valence-electron chi connectivity index (χ1n) is 4.89. The van der Waals surface area contributed by atoms with Crippen LogP contribution in [0.5, 0.6) is 0 Å². The van der Waals surface area contributed by atoms with Gasteiger partial charge in [-0.3, -0.25) is 4.57 Å². The van der Waals surface area contributed by atoms with Crippen LogP contribution in [0.4, 0.5) is 0 Å². The lowest BCUT2D eigenvalue weighted by Gasteiger charge is -2.27. The van der Waals surface area contributed by atoms with Crippen molar-refractivity contribution in [1.82, 2.24) is 0 Å². The number of rotatable bonds is 2. The summed E-state index contributed by atoms with van der Waals surface area (Å²) < 4.78 is 36.5. The van der Waals surface area contributed by atoms with Crippen molar-refractivity contribution in [2.45, 2.75) is 33.8 Å². The summed E-state index contributed by atoms with van der Waals surface area (Å²) in [6, 6.07) is 0. The van der Waals surface area contributed by atoms with Gasteiger partial charge in [-0.2, -0.15) is 0 Å². The highest BCUT2D eigenvalue weighted by molar-refractivity contribution is 7.51. The lowest BCUT2D eigenvalue weighted by atomic mass is 9.91. The molecule has 0 saturated heterocycles. The Labute approximate surface area is 72.5 Å². The smallest absolute Gasteiger partial charge is 0.324 e. The fourth-order valence-electron chi connectivity index (χ4n) is 0.372. The van der Waals surface area contributed by atoms with Gasteiger partial charge in [0.25, 0.3) is 0 Å². The molecule has 0 aliphatic carbocycles. The van der Waals surface area contributed by atoms with E-state index in [1.807, 2.05) is 0 Å². The van der Waals surface area contributed by atoms with E-state index in [0.29, 0.717) is 0 Å². The molecule has 0 rings (SSSR count). The van der Waals surface area contributed by atoms with Gasteiger partial charge < -0.3 is 9.42 Å². The van der Waals surface area contributed by atoms with Crippen molar-refractivity contribution < 1.29 is 18.1 Å². The van der Waals surface area contributed by atoms with E-state index in [1.165, 1.54) is 0 Å². The molecule has 0 aromatic rings. The molecule has 0 fully saturated rings. The van der Waals surface area contributed by atoms with Crippen LogP contribution < -0.4 is 0 Å². The van der Waals surface area contributed by atoms with Gasteiger partial charge in [-0.05, 0) is 12.3 Å². The Hall–Kier alpha value is 0.150. The second kappa shape index (κ2) is 3.26. The summed E-state index contributed by atoms with van der Waals surface area (Å²) in [6.07, 6.45) is -0.598.